The lowest BCUT2D eigenvalue weighted by Gasteiger charge is -2.17. The summed E-state index contributed by atoms with van der Waals surface area (Å²) >= 11 is 5.89. The minimum atomic E-state index is -0.363. The smallest absolute Gasteiger partial charge is 0.315 e. The van der Waals surface area contributed by atoms with Gasteiger partial charge in [-0.1, -0.05) is 18.0 Å². The molecule has 1 unspecified atom stereocenters. The Morgan fingerprint density at radius 2 is 2.10 bits per heavy atom. The molecule has 20 heavy (non-hydrogen) atoms. The van der Waals surface area contributed by atoms with E-state index in [1.807, 2.05) is 0 Å². The fraction of sp³-hybridized carbons (Fsp3) is 0.429. The summed E-state index contributed by atoms with van der Waals surface area (Å²) in [4.78, 5) is 27.5. The Kier molecular flexibility index (Phi) is 3.63. The zero-order valence-corrected chi connectivity index (χ0v) is 11.7. The van der Waals surface area contributed by atoms with E-state index in [-0.39, 0.29) is 17.3 Å². The van der Waals surface area contributed by atoms with Crippen molar-refractivity contribution in [1.82, 2.24) is 14.9 Å². The van der Waals surface area contributed by atoms with Crippen molar-refractivity contribution in [3.63, 3.8) is 0 Å². The van der Waals surface area contributed by atoms with E-state index in [2.05, 4.69) is 10.3 Å². The van der Waals surface area contributed by atoms with Crippen molar-refractivity contribution in [2.24, 2.45) is 0 Å². The molecule has 5 nitrogen and oxygen atoms in total. The summed E-state index contributed by atoms with van der Waals surface area (Å²) in [5.74, 6) is 0. The van der Waals surface area contributed by atoms with Gasteiger partial charge in [0.25, 0.3) is 5.56 Å². The Morgan fingerprint density at radius 1 is 1.25 bits per heavy atom. The Morgan fingerprint density at radius 3 is 2.95 bits per heavy atom. The minimum absolute atomic E-state index is 0.0890. The number of aromatic amines is 1. The monoisotopic (exact) mass is 293 g/mol. The van der Waals surface area contributed by atoms with Crippen molar-refractivity contribution in [3.05, 3.63) is 44.1 Å². The van der Waals surface area contributed by atoms with Crippen LogP contribution in [0.1, 0.15) is 25.3 Å². The van der Waals surface area contributed by atoms with Crippen LogP contribution in [0, 0.1) is 0 Å². The molecule has 1 fully saturated rings. The van der Waals surface area contributed by atoms with Gasteiger partial charge < -0.3 is 10.3 Å². The van der Waals surface area contributed by atoms with Crippen LogP contribution in [-0.4, -0.2) is 22.6 Å². The molecule has 0 radical (unpaired) electrons. The Bertz CT molecular complexity index is 742. The van der Waals surface area contributed by atoms with E-state index in [4.69, 9.17) is 11.6 Å². The fourth-order valence-corrected chi connectivity index (χ4v) is 2.93. The highest BCUT2D eigenvalue weighted by molar-refractivity contribution is 6.31. The number of hydrogen-bond donors (Lipinski definition) is 2. The quantitative estimate of drug-likeness (QED) is 0.840. The Labute approximate surface area is 120 Å². The van der Waals surface area contributed by atoms with Crippen LogP contribution in [0.2, 0.25) is 5.02 Å². The van der Waals surface area contributed by atoms with Gasteiger partial charge in [-0.25, -0.2) is 4.79 Å². The van der Waals surface area contributed by atoms with E-state index < -0.39 is 0 Å². The molecule has 3 rings (SSSR count). The molecule has 1 saturated heterocycles. The summed E-state index contributed by atoms with van der Waals surface area (Å²) in [6.45, 7) is 1.59. The fourth-order valence-electron chi connectivity index (χ4n) is 2.76. The van der Waals surface area contributed by atoms with Crippen LogP contribution in [-0.2, 0) is 0 Å². The molecule has 106 valence electrons. The lowest BCUT2D eigenvalue weighted by molar-refractivity contribution is 0.435. The molecule has 1 aliphatic heterocycles. The van der Waals surface area contributed by atoms with Gasteiger partial charge in [-0.3, -0.25) is 9.36 Å². The molecule has 2 N–H and O–H groups in total. The zero-order chi connectivity index (χ0) is 14.1. The second-order valence-corrected chi connectivity index (χ2v) is 5.59. The van der Waals surface area contributed by atoms with E-state index >= 15 is 0 Å². The summed E-state index contributed by atoms with van der Waals surface area (Å²) < 4.78 is 1.34. The second-order valence-electron chi connectivity index (χ2n) is 5.15. The molecule has 1 aliphatic rings. The van der Waals surface area contributed by atoms with E-state index in [9.17, 15) is 9.59 Å². The average Bonchev–Trinajstić information content (AvgIpc) is 2.67. The Balaban J connectivity index is 2.18. The number of nitrogens with one attached hydrogen (secondary N) is 2. The molecule has 2 aromatic rings. The highest BCUT2D eigenvalue weighted by Gasteiger charge is 2.19. The lowest BCUT2D eigenvalue weighted by Crippen LogP contribution is -2.41. The maximum Gasteiger partial charge on any atom is 0.329 e. The first kappa shape index (κ1) is 13.4. The second kappa shape index (κ2) is 5.42. The third-order valence-corrected chi connectivity index (χ3v) is 4.01. The SMILES string of the molecule is O=c1[nH]c2cc(Cl)ccc2c(=O)n1C1CCCCNC1. The van der Waals surface area contributed by atoms with Gasteiger partial charge in [-0.05, 0) is 37.6 Å². The summed E-state index contributed by atoms with van der Waals surface area (Å²) in [7, 11) is 0. The van der Waals surface area contributed by atoms with Crippen molar-refractivity contribution in [2.45, 2.75) is 25.3 Å². The predicted octanol–water partition coefficient (Wildman–Crippen LogP) is 1.66. The molecule has 0 bridgehead atoms. The average molecular weight is 294 g/mol. The summed E-state index contributed by atoms with van der Waals surface area (Å²) in [6, 6.07) is 4.85. The molecular weight excluding hydrogens is 278 g/mol. The first-order valence-electron chi connectivity index (χ1n) is 6.81. The number of fused-ring (bicyclic) bond motifs is 1. The first-order chi connectivity index (χ1) is 9.66. The molecular formula is C14H16ClN3O2. The van der Waals surface area contributed by atoms with E-state index in [1.165, 1.54) is 4.57 Å². The van der Waals surface area contributed by atoms with Gasteiger partial charge in [0, 0.05) is 11.6 Å². The largest absolute Gasteiger partial charge is 0.329 e. The number of H-pyrrole nitrogens is 1. The maximum absolute atomic E-state index is 12.5. The van der Waals surface area contributed by atoms with Gasteiger partial charge >= 0.3 is 5.69 Å². The third-order valence-electron chi connectivity index (χ3n) is 3.78. The predicted molar refractivity (Wildman–Crippen MR) is 79.6 cm³/mol. The molecule has 2 heterocycles. The molecule has 1 atom stereocenters. The molecule has 0 aliphatic carbocycles. The topological polar surface area (TPSA) is 66.9 Å². The summed E-state index contributed by atoms with van der Waals surface area (Å²) in [5, 5.41) is 4.27. The highest BCUT2D eigenvalue weighted by atomic mass is 35.5. The number of halogens is 1. The molecule has 0 saturated carbocycles. The van der Waals surface area contributed by atoms with Gasteiger partial charge in [0.15, 0.2) is 0 Å². The van der Waals surface area contributed by atoms with Crippen LogP contribution in [0.25, 0.3) is 10.9 Å². The summed E-state index contributed by atoms with van der Waals surface area (Å²) in [6.07, 6.45) is 2.93. The molecule has 1 aromatic carbocycles. The number of rotatable bonds is 1. The Hall–Kier alpha value is -1.59. The van der Waals surface area contributed by atoms with Crippen LogP contribution in [0.3, 0.4) is 0 Å². The van der Waals surface area contributed by atoms with Gasteiger partial charge in [0.05, 0.1) is 16.9 Å². The van der Waals surface area contributed by atoms with Gasteiger partial charge in [0.2, 0.25) is 0 Å². The maximum atomic E-state index is 12.5. The number of hydrogen-bond acceptors (Lipinski definition) is 3. The molecule has 1 aromatic heterocycles. The van der Waals surface area contributed by atoms with Crippen molar-refractivity contribution in [2.75, 3.05) is 13.1 Å². The number of benzene rings is 1. The van der Waals surface area contributed by atoms with Crippen LogP contribution in [0.4, 0.5) is 0 Å². The van der Waals surface area contributed by atoms with Crippen LogP contribution >= 0.6 is 11.6 Å². The van der Waals surface area contributed by atoms with Gasteiger partial charge in [0.1, 0.15) is 0 Å². The van der Waals surface area contributed by atoms with Gasteiger partial charge in [-0.2, -0.15) is 0 Å². The molecule has 0 amide bonds. The molecule has 0 spiro atoms. The number of aromatic nitrogens is 2. The van der Waals surface area contributed by atoms with Crippen LogP contribution in [0.15, 0.2) is 27.8 Å². The van der Waals surface area contributed by atoms with Crippen molar-refractivity contribution in [3.8, 4) is 0 Å². The molecule has 6 heteroatoms. The third kappa shape index (κ3) is 2.39. The standard InChI is InChI=1S/C14H16ClN3O2/c15-9-4-5-11-12(7-9)17-14(20)18(13(11)19)10-3-1-2-6-16-8-10/h4-5,7,10,16H,1-3,6,8H2,(H,17,20). The highest BCUT2D eigenvalue weighted by Crippen LogP contribution is 2.16. The van der Waals surface area contributed by atoms with E-state index in [0.717, 1.165) is 25.8 Å². The zero-order valence-electron chi connectivity index (χ0n) is 11.0. The van der Waals surface area contributed by atoms with Crippen LogP contribution < -0.4 is 16.6 Å². The van der Waals surface area contributed by atoms with E-state index in [1.54, 1.807) is 18.2 Å². The normalized spacial score (nSPS) is 19.9. The van der Waals surface area contributed by atoms with Crippen molar-refractivity contribution in [1.29, 1.82) is 0 Å². The van der Waals surface area contributed by atoms with E-state index in [0.29, 0.717) is 22.5 Å². The van der Waals surface area contributed by atoms with Crippen molar-refractivity contribution < 1.29 is 0 Å². The number of nitrogens with zero attached hydrogens (tertiary/aromatic N) is 1. The van der Waals surface area contributed by atoms with Crippen LogP contribution in [0.5, 0.6) is 0 Å². The minimum Gasteiger partial charge on any atom is -0.315 e. The van der Waals surface area contributed by atoms with Crippen molar-refractivity contribution >= 4 is 22.5 Å². The summed E-state index contributed by atoms with van der Waals surface area (Å²) in [5.41, 5.74) is -0.113. The van der Waals surface area contributed by atoms with Gasteiger partial charge in [-0.15, -0.1) is 0 Å². The first-order valence-corrected chi connectivity index (χ1v) is 7.19. The lowest BCUT2D eigenvalue weighted by atomic mass is 10.1.